The van der Waals surface area contributed by atoms with E-state index in [0.29, 0.717) is 0 Å². The van der Waals surface area contributed by atoms with Gasteiger partial charge in [-0.05, 0) is 97.2 Å². The van der Waals surface area contributed by atoms with Crippen molar-refractivity contribution in [3.63, 3.8) is 0 Å². The van der Waals surface area contributed by atoms with Crippen LogP contribution < -0.4 is 4.90 Å². The highest BCUT2D eigenvalue weighted by Gasteiger charge is 2.47. The zero-order valence-corrected chi connectivity index (χ0v) is 33.4. The Balaban J connectivity index is 1.06. The first-order valence-corrected chi connectivity index (χ1v) is 21.0. The summed E-state index contributed by atoms with van der Waals surface area (Å²) in [4.78, 5) is 2.46. The monoisotopic (exact) mass is 777 g/mol. The molecule has 0 aliphatic heterocycles. The molecule has 0 atom stereocenters. The molecule has 0 N–H and O–H groups in total. The molecule has 0 amide bonds. The first-order chi connectivity index (χ1) is 30.3. The molecule has 0 saturated heterocycles. The molecule has 10 aromatic carbocycles. The van der Waals surface area contributed by atoms with Crippen LogP contribution in [0.3, 0.4) is 0 Å². The van der Waals surface area contributed by atoms with Crippen LogP contribution in [-0.4, -0.2) is 0 Å². The van der Waals surface area contributed by atoms with Crippen LogP contribution in [0.25, 0.3) is 66.1 Å². The van der Waals surface area contributed by atoms with Crippen molar-refractivity contribution in [2.75, 3.05) is 4.90 Å². The van der Waals surface area contributed by atoms with Crippen LogP contribution >= 0.6 is 0 Å². The van der Waals surface area contributed by atoms with E-state index in [1.165, 1.54) is 60.8 Å². The third kappa shape index (κ3) is 5.43. The van der Waals surface area contributed by atoms with Crippen molar-refractivity contribution < 1.29 is 4.42 Å². The molecule has 0 fully saturated rings. The van der Waals surface area contributed by atoms with Gasteiger partial charge in [-0.3, -0.25) is 0 Å². The fourth-order valence-electron chi connectivity index (χ4n) is 10.1. The first kappa shape index (κ1) is 35.0. The van der Waals surface area contributed by atoms with Gasteiger partial charge >= 0.3 is 0 Å². The molecule has 2 nitrogen and oxygen atoms in total. The Morgan fingerprint density at radius 3 is 1.64 bits per heavy atom. The van der Waals surface area contributed by atoms with Crippen molar-refractivity contribution in [3.8, 4) is 33.4 Å². The number of para-hydroxylation sites is 1. The summed E-state index contributed by atoms with van der Waals surface area (Å²) in [6.07, 6.45) is 0. The zero-order chi connectivity index (χ0) is 40.3. The predicted molar refractivity (Wildman–Crippen MR) is 254 cm³/mol. The summed E-state index contributed by atoms with van der Waals surface area (Å²) in [7, 11) is 0. The molecule has 12 rings (SSSR count). The third-order valence-electron chi connectivity index (χ3n) is 12.8. The maximum Gasteiger partial charge on any atom is 0.137 e. The molecule has 61 heavy (non-hydrogen) atoms. The highest BCUT2D eigenvalue weighted by Crippen LogP contribution is 2.60. The van der Waals surface area contributed by atoms with Crippen molar-refractivity contribution in [1.29, 1.82) is 0 Å². The average Bonchev–Trinajstić information content (AvgIpc) is 3.87. The predicted octanol–water partition coefficient (Wildman–Crippen LogP) is 15.9. The number of hydrogen-bond donors (Lipinski definition) is 0. The van der Waals surface area contributed by atoms with E-state index in [0.717, 1.165) is 44.6 Å². The number of hydrogen-bond acceptors (Lipinski definition) is 2. The van der Waals surface area contributed by atoms with Crippen molar-refractivity contribution >= 4 is 49.8 Å². The maximum atomic E-state index is 6.53. The van der Waals surface area contributed by atoms with Gasteiger partial charge in [0.25, 0.3) is 0 Å². The van der Waals surface area contributed by atoms with Gasteiger partial charge in [0, 0.05) is 16.6 Å². The zero-order valence-electron chi connectivity index (χ0n) is 33.4. The fourth-order valence-corrected chi connectivity index (χ4v) is 10.1. The Kier molecular flexibility index (Phi) is 8.11. The quantitative estimate of drug-likeness (QED) is 0.160. The Morgan fingerprint density at radius 2 is 0.869 bits per heavy atom. The van der Waals surface area contributed by atoms with Gasteiger partial charge < -0.3 is 9.32 Å². The minimum absolute atomic E-state index is 0.521. The second-order valence-electron chi connectivity index (χ2n) is 16.0. The summed E-state index contributed by atoms with van der Waals surface area (Å²) in [6, 6.07) is 86.0. The molecular formula is C59H39NO. The van der Waals surface area contributed by atoms with E-state index in [1.54, 1.807) is 0 Å². The highest BCUT2D eigenvalue weighted by atomic mass is 16.3. The van der Waals surface area contributed by atoms with Gasteiger partial charge in [0.15, 0.2) is 0 Å². The van der Waals surface area contributed by atoms with Gasteiger partial charge in [-0.25, -0.2) is 0 Å². The molecule has 0 radical (unpaired) electrons. The van der Waals surface area contributed by atoms with E-state index in [2.05, 4.69) is 235 Å². The molecule has 1 aromatic heterocycles. The number of furan rings is 1. The molecule has 1 aliphatic carbocycles. The lowest BCUT2D eigenvalue weighted by Crippen LogP contribution is -2.28. The Morgan fingerprint density at radius 1 is 0.344 bits per heavy atom. The summed E-state index contributed by atoms with van der Waals surface area (Å²) < 4.78 is 6.53. The van der Waals surface area contributed by atoms with Crippen LogP contribution in [0.15, 0.2) is 241 Å². The molecule has 2 heteroatoms. The van der Waals surface area contributed by atoms with Crippen molar-refractivity contribution in [2.45, 2.75) is 5.41 Å². The van der Waals surface area contributed by atoms with E-state index in [-0.39, 0.29) is 0 Å². The summed E-state index contributed by atoms with van der Waals surface area (Å²) in [5.74, 6) is 0. The Bertz CT molecular complexity index is 3360. The van der Waals surface area contributed by atoms with Gasteiger partial charge in [0.1, 0.15) is 11.2 Å². The maximum absolute atomic E-state index is 6.53. The number of rotatable bonds is 7. The Hall–Kier alpha value is -7.94. The van der Waals surface area contributed by atoms with Gasteiger partial charge in [0.05, 0.1) is 22.2 Å². The summed E-state index contributed by atoms with van der Waals surface area (Å²) >= 11 is 0. The molecule has 11 aromatic rings. The number of anilines is 3. The molecule has 0 saturated carbocycles. The summed E-state index contributed by atoms with van der Waals surface area (Å²) in [5, 5.41) is 4.70. The van der Waals surface area contributed by atoms with Crippen LogP contribution in [0.1, 0.15) is 22.3 Å². The fraction of sp³-hybridized carbons (Fsp3) is 0.0169. The van der Waals surface area contributed by atoms with Gasteiger partial charge in [-0.2, -0.15) is 0 Å². The molecule has 0 spiro atoms. The molecule has 0 bridgehead atoms. The van der Waals surface area contributed by atoms with Crippen LogP contribution in [0.2, 0.25) is 0 Å². The lowest BCUT2D eigenvalue weighted by Gasteiger charge is -2.34. The van der Waals surface area contributed by atoms with E-state index in [4.69, 9.17) is 4.42 Å². The van der Waals surface area contributed by atoms with Crippen LogP contribution in [0.4, 0.5) is 17.1 Å². The van der Waals surface area contributed by atoms with Gasteiger partial charge in [-0.15, -0.1) is 0 Å². The Labute approximate surface area is 355 Å². The van der Waals surface area contributed by atoms with E-state index >= 15 is 0 Å². The second-order valence-corrected chi connectivity index (χ2v) is 16.0. The van der Waals surface area contributed by atoms with Crippen LogP contribution in [0.5, 0.6) is 0 Å². The lowest BCUT2D eigenvalue weighted by atomic mass is 9.68. The standard InChI is InChI=1S/C59H39NO/c1-3-18-44(19-4-1)59(45-20-5-2-6-21-45)51-26-11-9-23-49(51)57-52(59)27-14-28-53(57)60(54-29-15-31-56-58(54)50-24-10-12-30-55(50)61-56)46-38-36-41(37-39-46)40-32-34-43(35-33-40)48-25-13-17-42-16-7-8-22-47(42)48/h1-39H. The third-order valence-corrected chi connectivity index (χ3v) is 12.8. The topological polar surface area (TPSA) is 16.4 Å². The minimum Gasteiger partial charge on any atom is -0.456 e. The van der Waals surface area contributed by atoms with E-state index < -0.39 is 5.41 Å². The average molecular weight is 778 g/mol. The van der Waals surface area contributed by atoms with Gasteiger partial charge in [-0.1, -0.05) is 200 Å². The van der Waals surface area contributed by atoms with Crippen molar-refractivity contribution in [3.05, 3.63) is 259 Å². The normalized spacial score (nSPS) is 12.7. The number of fused-ring (bicyclic) bond motifs is 7. The number of nitrogens with zero attached hydrogens (tertiary/aromatic N) is 1. The van der Waals surface area contributed by atoms with Crippen molar-refractivity contribution in [1.82, 2.24) is 0 Å². The van der Waals surface area contributed by atoms with Crippen molar-refractivity contribution in [2.24, 2.45) is 0 Å². The van der Waals surface area contributed by atoms with Crippen LogP contribution in [0, 0.1) is 0 Å². The van der Waals surface area contributed by atoms with Crippen LogP contribution in [-0.2, 0) is 5.41 Å². The van der Waals surface area contributed by atoms with E-state index in [1.807, 2.05) is 6.07 Å². The lowest BCUT2D eigenvalue weighted by molar-refractivity contribution is 0.669. The smallest absolute Gasteiger partial charge is 0.137 e. The highest BCUT2D eigenvalue weighted by molar-refractivity contribution is 6.14. The number of benzene rings is 10. The first-order valence-electron chi connectivity index (χ1n) is 21.0. The molecule has 1 heterocycles. The van der Waals surface area contributed by atoms with Gasteiger partial charge in [0.2, 0.25) is 0 Å². The minimum atomic E-state index is -0.521. The molecule has 1 aliphatic rings. The largest absolute Gasteiger partial charge is 0.456 e. The van der Waals surface area contributed by atoms with E-state index in [9.17, 15) is 0 Å². The molecule has 0 unspecified atom stereocenters. The second kappa shape index (κ2) is 14.1. The SMILES string of the molecule is c1ccc(C2(c3ccccc3)c3ccccc3-c3c(N(c4ccc(-c5ccc(-c6cccc7ccccc67)cc5)cc4)c4cccc5oc6ccccc6c45)cccc32)cc1. The summed E-state index contributed by atoms with van der Waals surface area (Å²) in [5.41, 5.74) is 16.8. The molecular weight excluding hydrogens is 739 g/mol. The molecule has 286 valence electrons. The summed E-state index contributed by atoms with van der Waals surface area (Å²) in [6.45, 7) is 0.